The van der Waals surface area contributed by atoms with Gasteiger partial charge in [-0.3, -0.25) is 0 Å². The molecular weight excluding hydrogens is 367 g/mol. The molecular formula is C22H20ClFO3. The Morgan fingerprint density at radius 3 is 2.26 bits per heavy atom. The molecule has 0 spiro atoms. The molecule has 5 heteroatoms. The molecule has 0 atom stereocenters. The summed E-state index contributed by atoms with van der Waals surface area (Å²) < 4.78 is 23.8. The van der Waals surface area contributed by atoms with Gasteiger partial charge in [-0.05, 0) is 59.0 Å². The van der Waals surface area contributed by atoms with Crippen molar-refractivity contribution in [2.45, 2.75) is 12.8 Å². The highest BCUT2D eigenvalue weighted by atomic mass is 35.5. The number of phenolic OH excluding ortho intramolecular Hbond substituents is 1. The smallest absolute Gasteiger partial charge is 0.188 e. The molecule has 3 aromatic carbocycles. The highest BCUT2D eigenvalue weighted by molar-refractivity contribution is 6.32. The van der Waals surface area contributed by atoms with Crippen molar-refractivity contribution in [2.75, 3.05) is 13.9 Å². The predicted octanol–water partition coefficient (Wildman–Crippen LogP) is 5.35. The lowest BCUT2D eigenvalue weighted by atomic mass is 9.98. The maximum Gasteiger partial charge on any atom is 0.188 e. The van der Waals surface area contributed by atoms with Crippen molar-refractivity contribution in [3.63, 3.8) is 0 Å². The summed E-state index contributed by atoms with van der Waals surface area (Å²) in [5.74, 6) is 0.543. The summed E-state index contributed by atoms with van der Waals surface area (Å²) in [6.07, 6.45) is 1.28. The molecule has 3 aromatic rings. The first kappa shape index (κ1) is 19.2. The lowest BCUT2D eigenvalue weighted by Crippen LogP contribution is -2.03. The molecule has 0 saturated heterocycles. The first-order valence-electron chi connectivity index (χ1n) is 8.50. The van der Waals surface area contributed by atoms with E-state index in [1.165, 1.54) is 12.1 Å². The van der Waals surface area contributed by atoms with Gasteiger partial charge in [0.15, 0.2) is 6.79 Å². The third-order valence-electron chi connectivity index (χ3n) is 4.19. The average Bonchev–Trinajstić information content (AvgIpc) is 2.66. The molecule has 0 aromatic heterocycles. The number of hydrogen-bond acceptors (Lipinski definition) is 3. The molecule has 0 aliphatic carbocycles. The molecule has 0 amide bonds. The standard InChI is InChI=1S/C22H20ClFO3/c1-26-14-27-22-9-5-16(10-17-4-8-21(25)20(23)13-17)12-18(22)11-15-2-6-19(24)7-3-15/h2-9,12-13,25H,10-11,14H2,1H3. The Morgan fingerprint density at radius 2 is 1.56 bits per heavy atom. The first-order chi connectivity index (χ1) is 13.0. The predicted molar refractivity (Wildman–Crippen MR) is 104 cm³/mol. The van der Waals surface area contributed by atoms with Crippen LogP contribution in [-0.2, 0) is 17.6 Å². The lowest BCUT2D eigenvalue weighted by molar-refractivity contribution is 0.0505. The Bertz CT molecular complexity index is 910. The van der Waals surface area contributed by atoms with Gasteiger partial charge in [-0.15, -0.1) is 0 Å². The van der Waals surface area contributed by atoms with Gasteiger partial charge in [0.05, 0.1) is 5.02 Å². The zero-order valence-electron chi connectivity index (χ0n) is 14.9. The fourth-order valence-corrected chi connectivity index (χ4v) is 3.07. The van der Waals surface area contributed by atoms with Crippen molar-refractivity contribution in [1.82, 2.24) is 0 Å². The molecule has 0 heterocycles. The van der Waals surface area contributed by atoms with E-state index in [1.54, 1.807) is 31.4 Å². The van der Waals surface area contributed by atoms with Crippen LogP contribution in [0.25, 0.3) is 0 Å². The molecule has 0 radical (unpaired) electrons. The van der Waals surface area contributed by atoms with Crippen LogP contribution in [-0.4, -0.2) is 19.0 Å². The van der Waals surface area contributed by atoms with E-state index in [1.807, 2.05) is 18.2 Å². The summed E-state index contributed by atoms with van der Waals surface area (Å²) in [5.41, 5.74) is 4.05. The summed E-state index contributed by atoms with van der Waals surface area (Å²) in [6, 6.07) is 17.6. The van der Waals surface area contributed by atoms with E-state index >= 15 is 0 Å². The SMILES string of the molecule is COCOc1ccc(Cc2ccc(O)c(Cl)c2)cc1Cc1ccc(F)cc1. The van der Waals surface area contributed by atoms with Gasteiger partial charge in [0.25, 0.3) is 0 Å². The molecule has 0 saturated carbocycles. The van der Waals surface area contributed by atoms with Gasteiger partial charge in [-0.2, -0.15) is 0 Å². The van der Waals surface area contributed by atoms with E-state index in [0.29, 0.717) is 17.9 Å². The zero-order chi connectivity index (χ0) is 19.2. The second kappa shape index (κ2) is 8.89. The van der Waals surface area contributed by atoms with Gasteiger partial charge in [-0.25, -0.2) is 4.39 Å². The van der Waals surface area contributed by atoms with Crippen LogP contribution in [0.5, 0.6) is 11.5 Å². The van der Waals surface area contributed by atoms with Gasteiger partial charge in [0, 0.05) is 13.5 Å². The molecule has 0 aliphatic heterocycles. The molecule has 3 rings (SSSR count). The first-order valence-corrected chi connectivity index (χ1v) is 8.88. The van der Waals surface area contributed by atoms with Crippen LogP contribution in [0.1, 0.15) is 22.3 Å². The van der Waals surface area contributed by atoms with E-state index in [0.717, 1.165) is 28.0 Å². The summed E-state index contributed by atoms with van der Waals surface area (Å²) in [4.78, 5) is 0. The number of ether oxygens (including phenoxy) is 2. The van der Waals surface area contributed by atoms with Crippen molar-refractivity contribution >= 4 is 11.6 Å². The van der Waals surface area contributed by atoms with Crippen LogP contribution in [0, 0.1) is 5.82 Å². The van der Waals surface area contributed by atoms with E-state index in [4.69, 9.17) is 21.1 Å². The second-order valence-electron chi connectivity index (χ2n) is 6.26. The van der Waals surface area contributed by atoms with Gasteiger partial charge < -0.3 is 14.6 Å². The summed E-state index contributed by atoms with van der Waals surface area (Å²) in [5, 5.41) is 9.90. The Hall–Kier alpha value is -2.56. The maximum absolute atomic E-state index is 13.2. The van der Waals surface area contributed by atoms with Crippen LogP contribution in [0.4, 0.5) is 4.39 Å². The number of hydrogen-bond donors (Lipinski definition) is 1. The second-order valence-corrected chi connectivity index (χ2v) is 6.67. The monoisotopic (exact) mass is 386 g/mol. The van der Waals surface area contributed by atoms with Gasteiger partial charge in [-0.1, -0.05) is 41.9 Å². The normalized spacial score (nSPS) is 10.8. The fourth-order valence-electron chi connectivity index (χ4n) is 2.86. The number of benzene rings is 3. The molecule has 1 N–H and O–H groups in total. The molecule has 3 nitrogen and oxygen atoms in total. The quantitative estimate of drug-likeness (QED) is 0.556. The Kier molecular flexibility index (Phi) is 6.32. The van der Waals surface area contributed by atoms with E-state index in [9.17, 15) is 9.50 Å². The van der Waals surface area contributed by atoms with E-state index < -0.39 is 0 Å². The number of phenols is 1. The largest absolute Gasteiger partial charge is 0.506 e. The minimum absolute atomic E-state index is 0.0701. The highest BCUT2D eigenvalue weighted by Crippen LogP contribution is 2.27. The number of halogens is 2. The van der Waals surface area contributed by atoms with Crippen LogP contribution in [0.15, 0.2) is 60.7 Å². The highest BCUT2D eigenvalue weighted by Gasteiger charge is 2.09. The third kappa shape index (κ3) is 5.22. The Balaban J connectivity index is 1.86. The van der Waals surface area contributed by atoms with Gasteiger partial charge in [0.2, 0.25) is 0 Å². The number of rotatable bonds is 7. The molecule has 27 heavy (non-hydrogen) atoms. The van der Waals surface area contributed by atoms with Gasteiger partial charge in [0.1, 0.15) is 17.3 Å². The number of aromatic hydroxyl groups is 1. The van der Waals surface area contributed by atoms with Crippen LogP contribution in [0.3, 0.4) is 0 Å². The molecule has 0 unspecified atom stereocenters. The van der Waals surface area contributed by atoms with Crippen molar-refractivity contribution in [2.24, 2.45) is 0 Å². The molecule has 0 aliphatic rings. The topological polar surface area (TPSA) is 38.7 Å². The van der Waals surface area contributed by atoms with Crippen molar-refractivity contribution in [3.8, 4) is 11.5 Å². The van der Waals surface area contributed by atoms with Crippen LogP contribution >= 0.6 is 11.6 Å². The van der Waals surface area contributed by atoms with Crippen molar-refractivity contribution in [3.05, 3.63) is 93.8 Å². The van der Waals surface area contributed by atoms with E-state index in [-0.39, 0.29) is 18.4 Å². The van der Waals surface area contributed by atoms with Gasteiger partial charge >= 0.3 is 0 Å². The lowest BCUT2D eigenvalue weighted by Gasteiger charge is -2.13. The van der Waals surface area contributed by atoms with Crippen molar-refractivity contribution < 1.29 is 19.0 Å². The minimum atomic E-state index is -0.257. The number of methoxy groups -OCH3 is 1. The third-order valence-corrected chi connectivity index (χ3v) is 4.49. The average molecular weight is 387 g/mol. The van der Waals surface area contributed by atoms with Crippen LogP contribution < -0.4 is 4.74 Å². The summed E-state index contributed by atoms with van der Waals surface area (Å²) >= 11 is 6.00. The summed E-state index contributed by atoms with van der Waals surface area (Å²) in [7, 11) is 1.57. The van der Waals surface area contributed by atoms with Crippen LogP contribution in [0.2, 0.25) is 5.02 Å². The van der Waals surface area contributed by atoms with Crippen molar-refractivity contribution in [1.29, 1.82) is 0 Å². The summed E-state index contributed by atoms with van der Waals surface area (Å²) in [6.45, 7) is 0.156. The Labute approximate surface area is 162 Å². The Morgan fingerprint density at radius 1 is 0.889 bits per heavy atom. The maximum atomic E-state index is 13.2. The molecule has 0 fully saturated rings. The minimum Gasteiger partial charge on any atom is -0.506 e. The fraction of sp³-hybridized carbons (Fsp3) is 0.182. The molecule has 0 bridgehead atoms. The van der Waals surface area contributed by atoms with E-state index in [2.05, 4.69) is 6.07 Å². The zero-order valence-corrected chi connectivity index (χ0v) is 15.7. The molecule has 140 valence electrons.